The van der Waals surface area contributed by atoms with Crippen LogP contribution in [0.25, 0.3) is 0 Å². The number of benzene rings is 1. The molecule has 1 aromatic carbocycles. The molecule has 1 rings (SSSR count). The Morgan fingerprint density at radius 2 is 1.41 bits per heavy atom. The van der Waals surface area contributed by atoms with Gasteiger partial charge in [0.25, 0.3) is 10.1 Å². The van der Waals surface area contributed by atoms with Crippen LogP contribution in [0.4, 0.5) is 0 Å². The fourth-order valence-electron chi connectivity index (χ4n) is 1.71. The number of rotatable bonds is 9. The second kappa shape index (κ2) is 17.7. The molecule has 0 saturated carbocycles. The topological polar surface area (TPSA) is 70.1 Å². The molecule has 0 radical (unpaired) electrons. The van der Waals surface area contributed by atoms with E-state index in [0.29, 0.717) is 13.0 Å². The molecule has 0 bridgehead atoms. The SMILES string of the molecule is CN(C)CCCO.Cc1ccc(S(=O)(=O)OCCCN(C)C)cc1.ClCCl. The first-order valence-corrected chi connectivity index (χ1v) is 11.1. The summed E-state index contributed by atoms with van der Waals surface area (Å²) < 4.78 is 28.5. The van der Waals surface area contributed by atoms with Crippen LogP contribution in [-0.4, -0.2) is 83.2 Å². The summed E-state index contributed by atoms with van der Waals surface area (Å²) >= 11 is 9.53. The van der Waals surface area contributed by atoms with Crippen molar-refractivity contribution in [2.45, 2.75) is 24.7 Å². The minimum Gasteiger partial charge on any atom is -0.396 e. The van der Waals surface area contributed by atoms with Gasteiger partial charge in [-0.25, -0.2) is 0 Å². The molecule has 0 heterocycles. The normalized spacial score (nSPS) is 10.9. The minimum absolute atomic E-state index is 0.194. The Hall–Kier alpha value is -0.410. The molecule has 1 aromatic rings. The number of aryl methyl sites for hydroxylation is 1. The standard InChI is InChI=1S/C12H19NO3S.C5H13NO.CH2Cl2/c1-11-5-7-12(8-6-11)17(14,15)16-10-4-9-13(2)3;1-6(2)4-3-5-7;2-1-3/h5-8H,4,9-10H2,1-3H3;7H,3-5H2,1-2H3;1H2. The summed E-state index contributed by atoms with van der Waals surface area (Å²) in [6, 6.07) is 6.65. The maximum absolute atomic E-state index is 11.8. The number of aliphatic hydroxyl groups is 1. The Bertz CT molecular complexity index is 553. The highest BCUT2D eigenvalue weighted by atomic mass is 35.5. The summed E-state index contributed by atoms with van der Waals surface area (Å²) in [6.45, 7) is 4.22. The first-order chi connectivity index (χ1) is 12.6. The number of hydrogen-bond acceptors (Lipinski definition) is 6. The van der Waals surface area contributed by atoms with Crippen LogP contribution in [0, 0.1) is 6.92 Å². The number of hydrogen-bond donors (Lipinski definition) is 1. The minimum atomic E-state index is -3.59. The average Bonchev–Trinajstić information content (AvgIpc) is 2.58. The lowest BCUT2D eigenvalue weighted by Gasteiger charge is -2.09. The largest absolute Gasteiger partial charge is 0.396 e. The summed E-state index contributed by atoms with van der Waals surface area (Å²) in [6.07, 6.45) is 1.57. The molecule has 1 N–H and O–H groups in total. The molecule has 27 heavy (non-hydrogen) atoms. The van der Waals surface area contributed by atoms with Crippen LogP contribution < -0.4 is 0 Å². The molecule has 0 saturated heterocycles. The Labute approximate surface area is 175 Å². The van der Waals surface area contributed by atoms with Crippen LogP contribution in [0.5, 0.6) is 0 Å². The van der Waals surface area contributed by atoms with Gasteiger partial charge in [0, 0.05) is 6.61 Å². The predicted octanol–water partition coefficient (Wildman–Crippen LogP) is 3.00. The van der Waals surface area contributed by atoms with E-state index in [1.807, 2.05) is 40.0 Å². The van der Waals surface area contributed by atoms with Crippen LogP contribution in [0.3, 0.4) is 0 Å². The Morgan fingerprint density at radius 1 is 0.963 bits per heavy atom. The lowest BCUT2D eigenvalue weighted by molar-refractivity contribution is 0.263. The smallest absolute Gasteiger partial charge is 0.296 e. The highest BCUT2D eigenvalue weighted by Crippen LogP contribution is 2.13. The van der Waals surface area contributed by atoms with Gasteiger partial charge < -0.3 is 14.9 Å². The first-order valence-electron chi connectivity index (χ1n) is 8.59. The van der Waals surface area contributed by atoms with Gasteiger partial charge in [-0.2, -0.15) is 8.42 Å². The van der Waals surface area contributed by atoms with Crippen molar-refractivity contribution in [3.63, 3.8) is 0 Å². The molecule has 6 nitrogen and oxygen atoms in total. The van der Waals surface area contributed by atoms with Crippen molar-refractivity contribution in [1.82, 2.24) is 9.80 Å². The molecule has 0 amide bonds. The average molecular weight is 445 g/mol. The molecule has 9 heteroatoms. The van der Waals surface area contributed by atoms with Crippen molar-refractivity contribution in [2.75, 3.05) is 59.8 Å². The van der Waals surface area contributed by atoms with Crippen molar-refractivity contribution >= 4 is 33.3 Å². The number of alkyl halides is 2. The van der Waals surface area contributed by atoms with Gasteiger partial charge in [0.15, 0.2) is 0 Å². The zero-order chi connectivity index (χ0) is 21.3. The number of nitrogens with zero attached hydrogens (tertiary/aromatic N) is 2. The maximum atomic E-state index is 11.8. The van der Waals surface area contributed by atoms with Crippen LogP contribution in [0.15, 0.2) is 29.2 Å². The van der Waals surface area contributed by atoms with Crippen molar-refractivity contribution in [3.05, 3.63) is 29.8 Å². The summed E-state index contributed by atoms with van der Waals surface area (Å²) in [5.74, 6) is 0. The molecule has 0 aliphatic carbocycles. The molecule has 0 aromatic heterocycles. The summed E-state index contributed by atoms with van der Waals surface area (Å²) in [4.78, 5) is 4.26. The second-order valence-electron chi connectivity index (χ2n) is 6.23. The molecular formula is C18H34Cl2N2O4S. The van der Waals surface area contributed by atoms with Gasteiger partial charge in [-0.05, 0) is 73.2 Å². The van der Waals surface area contributed by atoms with E-state index in [2.05, 4.69) is 4.90 Å². The Morgan fingerprint density at radius 3 is 1.78 bits per heavy atom. The second-order valence-corrected chi connectivity index (χ2v) is 8.65. The van der Waals surface area contributed by atoms with Gasteiger partial charge in [-0.15, -0.1) is 23.2 Å². The quantitative estimate of drug-likeness (QED) is 0.358. The zero-order valence-corrected chi connectivity index (χ0v) is 19.3. The molecule has 0 atom stereocenters. The van der Waals surface area contributed by atoms with Gasteiger partial charge in [0.2, 0.25) is 0 Å². The van der Waals surface area contributed by atoms with E-state index < -0.39 is 10.1 Å². The van der Waals surface area contributed by atoms with Crippen LogP contribution in [0.2, 0.25) is 0 Å². The van der Waals surface area contributed by atoms with Crippen molar-refractivity contribution < 1.29 is 17.7 Å². The van der Waals surface area contributed by atoms with E-state index in [0.717, 1.165) is 25.1 Å². The zero-order valence-electron chi connectivity index (χ0n) is 17.0. The highest BCUT2D eigenvalue weighted by molar-refractivity contribution is 7.86. The fraction of sp³-hybridized carbons (Fsp3) is 0.667. The van der Waals surface area contributed by atoms with E-state index in [1.54, 1.807) is 24.3 Å². The van der Waals surface area contributed by atoms with Crippen molar-refractivity contribution in [3.8, 4) is 0 Å². The van der Waals surface area contributed by atoms with E-state index >= 15 is 0 Å². The molecule has 0 unspecified atom stereocenters. The molecular weight excluding hydrogens is 411 g/mol. The lowest BCUT2D eigenvalue weighted by atomic mass is 10.2. The van der Waals surface area contributed by atoms with E-state index in [1.165, 1.54) is 0 Å². The third-order valence-corrected chi connectivity index (χ3v) is 4.39. The number of aliphatic hydroxyl groups excluding tert-OH is 1. The summed E-state index contributed by atoms with van der Waals surface area (Å²) in [5, 5.41) is 8.48. The Kier molecular flexibility index (Phi) is 18.8. The fourth-order valence-corrected chi connectivity index (χ4v) is 2.65. The molecule has 0 fully saturated rings. The molecule has 0 spiro atoms. The van der Waals surface area contributed by atoms with E-state index in [-0.39, 0.29) is 16.8 Å². The van der Waals surface area contributed by atoms with Gasteiger partial charge in [0.05, 0.1) is 16.8 Å². The van der Waals surface area contributed by atoms with Gasteiger partial charge >= 0.3 is 0 Å². The van der Waals surface area contributed by atoms with Crippen LogP contribution in [-0.2, 0) is 14.3 Å². The molecule has 0 aliphatic rings. The van der Waals surface area contributed by atoms with Crippen LogP contribution in [0.1, 0.15) is 18.4 Å². The summed E-state index contributed by atoms with van der Waals surface area (Å²) in [7, 11) is 4.28. The molecule has 0 aliphatic heterocycles. The maximum Gasteiger partial charge on any atom is 0.296 e. The van der Waals surface area contributed by atoms with Gasteiger partial charge in [-0.1, -0.05) is 17.7 Å². The lowest BCUT2D eigenvalue weighted by Crippen LogP contribution is -2.16. The van der Waals surface area contributed by atoms with E-state index in [4.69, 9.17) is 32.5 Å². The molecule has 160 valence electrons. The van der Waals surface area contributed by atoms with Crippen molar-refractivity contribution in [1.29, 1.82) is 0 Å². The van der Waals surface area contributed by atoms with Gasteiger partial charge in [-0.3, -0.25) is 4.18 Å². The first kappa shape index (κ1) is 28.8. The summed E-state index contributed by atoms with van der Waals surface area (Å²) in [5.41, 5.74) is 1.02. The van der Waals surface area contributed by atoms with Crippen molar-refractivity contribution in [2.24, 2.45) is 0 Å². The Balaban J connectivity index is 0. The van der Waals surface area contributed by atoms with Crippen LogP contribution >= 0.6 is 23.2 Å². The monoisotopic (exact) mass is 444 g/mol. The van der Waals surface area contributed by atoms with Gasteiger partial charge in [0.1, 0.15) is 0 Å². The number of halogens is 2. The third kappa shape index (κ3) is 18.7. The third-order valence-electron chi connectivity index (χ3n) is 3.06. The highest BCUT2D eigenvalue weighted by Gasteiger charge is 2.14. The van der Waals surface area contributed by atoms with E-state index in [9.17, 15) is 8.42 Å². The predicted molar refractivity (Wildman–Crippen MR) is 114 cm³/mol.